The summed E-state index contributed by atoms with van der Waals surface area (Å²) >= 11 is 0. The predicted octanol–water partition coefficient (Wildman–Crippen LogP) is 1.26. The van der Waals surface area contributed by atoms with Gasteiger partial charge in [-0.3, -0.25) is 4.79 Å². The molecule has 0 bridgehead atoms. The zero-order valence-electron chi connectivity index (χ0n) is 11.6. The summed E-state index contributed by atoms with van der Waals surface area (Å²) in [5.74, 6) is 0.578. The Morgan fingerprint density at radius 3 is 2.76 bits per heavy atom. The first-order valence-electron chi connectivity index (χ1n) is 6.45. The molecule has 1 fully saturated rings. The second-order valence-corrected chi connectivity index (χ2v) is 5.50. The summed E-state index contributed by atoms with van der Waals surface area (Å²) in [7, 11) is 5.70. The van der Waals surface area contributed by atoms with Crippen molar-refractivity contribution in [2.45, 2.75) is 38.1 Å². The van der Waals surface area contributed by atoms with Gasteiger partial charge in [0.15, 0.2) is 0 Å². The molecule has 4 nitrogen and oxygen atoms in total. The molecule has 0 radical (unpaired) electrons. The Balaban J connectivity index is 2.50. The molecular weight excluding hydrogens is 216 g/mol. The van der Waals surface area contributed by atoms with Gasteiger partial charge in [0, 0.05) is 12.1 Å². The molecule has 0 aromatic carbocycles. The number of esters is 1. The maximum atomic E-state index is 11.1. The van der Waals surface area contributed by atoms with Crippen molar-refractivity contribution < 1.29 is 9.53 Å². The van der Waals surface area contributed by atoms with Gasteiger partial charge in [-0.25, -0.2) is 0 Å². The third kappa shape index (κ3) is 3.96. The largest absolute Gasteiger partial charge is 0.468 e. The van der Waals surface area contributed by atoms with Gasteiger partial charge in [-0.1, -0.05) is 19.8 Å². The van der Waals surface area contributed by atoms with E-state index in [0.717, 1.165) is 12.5 Å². The van der Waals surface area contributed by atoms with Crippen molar-refractivity contribution in [3.8, 4) is 0 Å². The molecule has 0 saturated heterocycles. The molecule has 0 spiro atoms. The SMILES string of the molecule is COC(=O)CNCC1(N(C)C)CCCC(C)C1. The van der Waals surface area contributed by atoms with Crippen molar-refractivity contribution in [2.24, 2.45) is 5.92 Å². The van der Waals surface area contributed by atoms with Crippen molar-refractivity contribution in [1.82, 2.24) is 10.2 Å². The van der Waals surface area contributed by atoms with Gasteiger partial charge in [0.1, 0.15) is 0 Å². The van der Waals surface area contributed by atoms with Crippen LogP contribution in [0.5, 0.6) is 0 Å². The second-order valence-electron chi connectivity index (χ2n) is 5.50. The van der Waals surface area contributed by atoms with Crippen LogP contribution in [0, 0.1) is 5.92 Å². The first-order chi connectivity index (χ1) is 8.00. The van der Waals surface area contributed by atoms with Crippen LogP contribution in [0.3, 0.4) is 0 Å². The van der Waals surface area contributed by atoms with Crippen LogP contribution in [-0.4, -0.2) is 50.7 Å². The van der Waals surface area contributed by atoms with Crippen LogP contribution in [0.2, 0.25) is 0 Å². The summed E-state index contributed by atoms with van der Waals surface area (Å²) < 4.78 is 4.64. The van der Waals surface area contributed by atoms with Crippen LogP contribution in [0.25, 0.3) is 0 Å². The van der Waals surface area contributed by atoms with Crippen LogP contribution in [0.15, 0.2) is 0 Å². The summed E-state index contributed by atoms with van der Waals surface area (Å²) in [6, 6.07) is 0. The Morgan fingerprint density at radius 2 is 2.24 bits per heavy atom. The van der Waals surface area contributed by atoms with Crippen LogP contribution < -0.4 is 5.32 Å². The van der Waals surface area contributed by atoms with E-state index in [1.165, 1.54) is 32.8 Å². The average molecular weight is 242 g/mol. The third-order valence-electron chi connectivity index (χ3n) is 3.97. The lowest BCUT2D eigenvalue weighted by Gasteiger charge is -2.45. The molecule has 1 aliphatic carbocycles. The minimum Gasteiger partial charge on any atom is -0.468 e. The fourth-order valence-electron chi connectivity index (χ4n) is 2.83. The van der Waals surface area contributed by atoms with Gasteiger partial charge < -0.3 is 15.0 Å². The molecule has 2 atom stereocenters. The van der Waals surface area contributed by atoms with E-state index in [2.05, 4.69) is 36.0 Å². The molecule has 0 aromatic heterocycles. The lowest BCUT2D eigenvalue weighted by molar-refractivity contribution is -0.139. The maximum Gasteiger partial charge on any atom is 0.319 e. The van der Waals surface area contributed by atoms with Crippen molar-refractivity contribution >= 4 is 5.97 Å². The van der Waals surface area contributed by atoms with Crippen LogP contribution in [-0.2, 0) is 9.53 Å². The zero-order chi connectivity index (χ0) is 12.9. The standard InChI is InChI=1S/C13H26N2O2/c1-11-6-5-7-13(8-11,15(2)3)10-14-9-12(16)17-4/h11,14H,5-10H2,1-4H3. The number of nitrogens with one attached hydrogen (secondary N) is 1. The number of likely N-dealkylation sites (N-methyl/N-ethyl adjacent to an activating group) is 1. The van der Waals surface area contributed by atoms with Gasteiger partial charge in [-0.05, 0) is 32.9 Å². The highest BCUT2D eigenvalue weighted by atomic mass is 16.5. The Kier molecular flexibility index (Phi) is 5.40. The first kappa shape index (κ1) is 14.5. The molecule has 1 rings (SSSR count). The quantitative estimate of drug-likeness (QED) is 0.737. The van der Waals surface area contributed by atoms with Crippen molar-refractivity contribution in [1.29, 1.82) is 0 Å². The number of ether oxygens (including phenoxy) is 1. The van der Waals surface area contributed by atoms with E-state index in [1.54, 1.807) is 0 Å². The lowest BCUT2D eigenvalue weighted by Crippen LogP contribution is -2.54. The normalized spacial score (nSPS) is 29.4. The minimum absolute atomic E-state index is 0.192. The number of nitrogens with zero attached hydrogens (tertiary/aromatic N) is 1. The third-order valence-corrected chi connectivity index (χ3v) is 3.97. The Hall–Kier alpha value is -0.610. The average Bonchev–Trinajstić information content (AvgIpc) is 2.28. The Labute approximate surface area is 105 Å². The fourth-order valence-corrected chi connectivity index (χ4v) is 2.83. The van der Waals surface area contributed by atoms with Gasteiger partial charge in [0.25, 0.3) is 0 Å². The van der Waals surface area contributed by atoms with Crippen LogP contribution >= 0.6 is 0 Å². The van der Waals surface area contributed by atoms with Crippen LogP contribution in [0.1, 0.15) is 32.6 Å². The molecule has 1 saturated carbocycles. The zero-order valence-corrected chi connectivity index (χ0v) is 11.6. The predicted molar refractivity (Wildman–Crippen MR) is 68.9 cm³/mol. The summed E-state index contributed by atoms with van der Waals surface area (Å²) in [5.41, 5.74) is 0.200. The molecule has 1 N–H and O–H groups in total. The smallest absolute Gasteiger partial charge is 0.319 e. The van der Waals surface area contributed by atoms with Gasteiger partial charge >= 0.3 is 5.97 Å². The topological polar surface area (TPSA) is 41.6 Å². The van der Waals surface area contributed by atoms with Gasteiger partial charge in [0.2, 0.25) is 0 Å². The van der Waals surface area contributed by atoms with E-state index in [-0.39, 0.29) is 11.5 Å². The number of rotatable bonds is 5. The fraction of sp³-hybridized carbons (Fsp3) is 0.923. The highest BCUT2D eigenvalue weighted by Crippen LogP contribution is 2.35. The molecule has 2 unspecified atom stereocenters. The summed E-state index contributed by atoms with van der Waals surface area (Å²) in [6.45, 7) is 3.48. The van der Waals surface area contributed by atoms with E-state index in [0.29, 0.717) is 6.54 Å². The van der Waals surface area contributed by atoms with E-state index < -0.39 is 0 Å². The number of carbonyl (C=O) groups excluding carboxylic acids is 1. The van der Waals surface area contributed by atoms with Gasteiger partial charge in [0.05, 0.1) is 13.7 Å². The highest BCUT2D eigenvalue weighted by Gasteiger charge is 2.36. The first-order valence-corrected chi connectivity index (χ1v) is 6.45. The molecule has 0 aromatic rings. The number of methoxy groups -OCH3 is 1. The van der Waals surface area contributed by atoms with Gasteiger partial charge in [-0.2, -0.15) is 0 Å². The lowest BCUT2D eigenvalue weighted by atomic mass is 9.75. The van der Waals surface area contributed by atoms with E-state index in [1.807, 2.05) is 0 Å². The maximum absolute atomic E-state index is 11.1. The molecule has 0 heterocycles. The van der Waals surface area contributed by atoms with Gasteiger partial charge in [-0.15, -0.1) is 0 Å². The van der Waals surface area contributed by atoms with E-state index >= 15 is 0 Å². The van der Waals surface area contributed by atoms with E-state index in [9.17, 15) is 4.79 Å². The molecular formula is C13H26N2O2. The van der Waals surface area contributed by atoms with Crippen molar-refractivity contribution in [3.05, 3.63) is 0 Å². The number of hydrogen-bond donors (Lipinski definition) is 1. The van der Waals surface area contributed by atoms with Crippen LogP contribution in [0.4, 0.5) is 0 Å². The monoisotopic (exact) mass is 242 g/mol. The van der Waals surface area contributed by atoms with E-state index in [4.69, 9.17) is 0 Å². The summed E-state index contributed by atoms with van der Waals surface area (Å²) in [5, 5.41) is 3.23. The molecule has 0 aliphatic heterocycles. The van der Waals surface area contributed by atoms with Crippen molar-refractivity contribution in [3.63, 3.8) is 0 Å². The number of hydrogen-bond acceptors (Lipinski definition) is 4. The molecule has 100 valence electrons. The molecule has 17 heavy (non-hydrogen) atoms. The summed E-state index contributed by atoms with van der Waals surface area (Å²) in [4.78, 5) is 13.4. The minimum atomic E-state index is -0.192. The Morgan fingerprint density at radius 1 is 1.53 bits per heavy atom. The Bertz CT molecular complexity index is 256. The highest BCUT2D eigenvalue weighted by molar-refractivity contribution is 5.71. The van der Waals surface area contributed by atoms with Crippen molar-refractivity contribution in [2.75, 3.05) is 34.3 Å². The molecule has 0 amide bonds. The summed E-state index contributed by atoms with van der Waals surface area (Å²) in [6.07, 6.45) is 5.01. The molecule has 1 aliphatic rings. The number of carbonyl (C=O) groups is 1. The second kappa shape index (κ2) is 6.36. The molecule has 4 heteroatoms.